The van der Waals surface area contributed by atoms with Gasteiger partial charge < -0.3 is 19.9 Å². The number of hydrogen-bond acceptors (Lipinski definition) is 4. The molecule has 116 valence electrons. The Morgan fingerprint density at radius 1 is 1.29 bits per heavy atom. The molecule has 1 amide bonds. The molecule has 0 spiro atoms. The number of amides is 1. The van der Waals surface area contributed by atoms with E-state index in [1.807, 2.05) is 5.32 Å². The van der Waals surface area contributed by atoms with Crippen molar-refractivity contribution in [1.29, 1.82) is 0 Å². The Morgan fingerprint density at radius 2 is 1.95 bits per heavy atom. The van der Waals surface area contributed by atoms with Crippen LogP contribution in [0.3, 0.4) is 0 Å². The van der Waals surface area contributed by atoms with E-state index in [0.717, 1.165) is 0 Å². The summed E-state index contributed by atoms with van der Waals surface area (Å²) in [4.78, 5) is 22.9. The van der Waals surface area contributed by atoms with Gasteiger partial charge in [-0.2, -0.15) is 0 Å². The van der Waals surface area contributed by atoms with Crippen molar-refractivity contribution in [3.05, 3.63) is 23.8 Å². The van der Waals surface area contributed by atoms with Crippen LogP contribution in [0.5, 0.6) is 11.5 Å². The number of methoxy groups -OCH3 is 2. The van der Waals surface area contributed by atoms with Gasteiger partial charge in [0.25, 0.3) is 5.91 Å². The summed E-state index contributed by atoms with van der Waals surface area (Å²) in [6, 6.07) is 2.64. The van der Waals surface area contributed by atoms with Gasteiger partial charge in [-0.1, -0.05) is 0 Å². The summed E-state index contributed by atoms with van der Waals surface area (Å²) < 4.78 is 34.5. The quantitative estimate of drug-likeness (QED) is 0.798. The Kier molecular flexibility index (Phi) is 5.89. The van der Waals surface area contributed by atoms with Gasteiger partial charge in [0, 0.05) is 6.42 Å². The van der Waals surface area contributed by atoms with Crippen LogP contribution in [0.2, 0.25) is 0 Å². The SMILES string of the molecule is COc1ccc(OC)c(C(=O)NC(CC(F)F)C(=O)O)c1. The Morgan fingerprint density at radius 3 is 2.43 bits per heavy atom. The van der Waals surface area contributed by atoms with E-state index in [-0.39, 0.29) is 11.3 Å². The largest absolute Gasteiger partial charge is 0.497 e. The minimum absolute atomic E-state index is 0.00244. The van der Waals surface area contributed by atoms with Gasteiger partial charge in [-0.05, 0) is 18.2 Å². The Bertz CT molecular complexity index is 521. The van der Waals surface area contributed by atoms with E-state index in [4.69, 9.17) is 14.6 Å². The summed E-state index contributed by atoms with van der Waals surface area (Å²) in [6.45, 7) is 0. The number of rotatable bonds is 7. The molecule has 1 atom stereocenters. The Labute approximate surface area is 119 Å². The lowest BCUT2D eigenvalue weighted by Gasteiger charge is -2.15. The van der Waals surface area contributed by atoms with Crippen molar-refractivity contribution in [2.75, 3.05) is 14.2 Å². The fourth-order valence-corrected chi connectivity index (χ4v) is 1.63. The minimum Gasteiger partial charge on any atom is -0.497 e. The highest BCUT2D eigenvalue weighted by Crippen LogP contribution is 2.24. The van der Waals surface area contributed by atoms with E-state index < -0.39 is 30.8 Å². The third kappa shape index (κ3) is 4.59. The molecular weight excluding hydrogens is 288 g/mol. The minimum atomic E-state index is -2.85. The second kappa shape index (κ2) is 7.41. The maximum atomic E-state index is 12.3. The number of halogens is 2. The summed E-state index contributed by atoms with van der Waals surface area (Å²) in [7, 11) is 2.72. The van der Waals surface area contributed by atoms with Crippen molar-refractivity contribution in [2.45, 2.75) is 18.9 Å². The van der Waals surface area contributed by atoms with E-state index in [2.05, 4.69) is 0 Å². The molecule has 0 heterocycles. The summed E-state index contributed by atoms with van der Waals surface area (Å²) >= 11 is 0. The number of ether oxygens (including phenoxy) is 2. The van der Waals surface area contributed by atoms with Crippen LogP contribution in [-0.4, -0.2) is 43.7 Å². The molecule has 0 saturated heterocycles. The second-order valence-electron chi connectivity index (χ2n) is 4.06. The molecule has 6 nitrogen and oxygen atoms in total. The van der Waals surface area contributed by atoms with Gasteiger partial charge in [-0.25, -0.2) is 13.6 Å². The van der Waals surface area contributed by atoms with Crippen LogP contribution >= 0.6 is 0 Å². The van der Waals surface area contributed by atoms with Crippen molar-refractivity contribution >= 4 is 11.9 Å². The van der Waals surface area contributed by atoms with Crippen LogP contribution in [0.25, 0.3) is 0 Å². The van der Waals surface area contributed by atoms with Crippen molar-refractivity contribution < 1.29 is 33.0 Å². The summed E-state index contributed by atoms with van der Waals surface area (Å²) in [5.74, 6) is -1.85. The van der Waals surface area contributed by atoms with Crippen LogP contribution in [0, 0.1) is 0 Å². The number of aliphatic carboxylic acids is 1. The molecule has 21 heavy (non-hydrogen) atoms. The number of carboxylic acid groups (broad SMARTS) is 1. The number of alkyl halides is 2. The fraction of sp³-hybridized carbons (Fsp3) is 0.385. The molecule has 0 bridgehead atoms. The number of carboxylic acids is 1. The number of carbonyl (C=O) groups excluding carboxylic acids is 1. The van der Waals surface area contributed by atoms with Crippen LogP contribution in [0.15, 0.2) is 18.2 Å². The van der Waals surface area contributed by atoms with E-state index in [9.17, 15) is 18.4 Å². The average Bonchev–Trinajstić information content (AvgIpc) is 2.45. The maximum Gasteiger partial charge on any atom is 0.326 e. The number of hydrogen-bond donors (Lipinski definition) is 2. The summed E-state index contributed by atoms with van der Waals surface area (Å²) in [5, 5.41) is 10.9. The molecule has 8 heteroatoms. The zero-order chi connectivity index (χ0) is 16.0. The van der Waals surface area contributed by atoms with Gasteiger partial charge in [-0.15, -0.1) is 0 Å². The first-order valence-corrected chi connectivity index (χ1v) is 5.92. The smallest absolute Gasteiger partial charge is 0.326 e. The number of nitrogens with one attached hydrogen (secondary N) is 1. The topological polar surface area (TPSA) is 84.9 Å². The highest BCUT2D eigenvalue weighted by Gasteiger charge is 2.26. The van der Waals surface area contributed by atoms with Gasteiger partial charge in [0.1, 0.15) is 17.5 Å². The van der Waals surface area contributed by atoms with E-state index in [1.54, 1.807) is 6.07 Å². The molecule has 2 N–H and O–H groups in total. The molecule has 1 rings (SSSR count). The van der Waals surface area contributed by atoms with Gasteiger partial charge in [0.2, 0.25) is 6.43 Å². The van der Waals surface area contributed by atoms with Gasteiger partial charge in [0.15, 0.2) is 0 Å². The van der Waals surface area contributed by atoms with Crippen LogP contribution in [0.1, 0.15) is 16.8 Å². The molecule has 0 saturated carbocycles. The summed E-state index contributed by atoms with van der Waals surface area (Å²) in [5.41, 5.74) is -0.00244. The standard InChI is InChI=1S/C13H15F2NO5/c1-20-7-3-4-10(21-2)8(5-7)12(17)16-9(13(18)19)6-11(14)15/h3-5,9,11H,6H2,1-2H3,(H,16,17)(H,18,19). The molecule has 0 aliphatic rings. The highest BCUT2D eigenvalue weighted by molar-refractivity contribution is 5.99. The molecule has 0 aliphatic carbocycles. The molecule has 1 aromatic rings. The van der Waals surface area contributed by atoms with E-state index in [0.29, 0.717) is 5.75 Å². The average molecular weight is 303 g/mol. The third-order valence-electron chi connectivity index (χ3n) is 2.67. The molecular formula is C13H15F2NO5. The molecule has 0 aromatic heterocycles. The normalized spacial score (nSPS) is 11.9. The number of carbonyl (C=O) groups is 2. The lowest BCUT2D eigenvalue weighted by atomic mass is 10.1. The molecule has 1 aromatic carbocycles. The number of benzene rings is 1. The molecule has 0 radical (unpaired) electrons. The monoisotopic (exact) mass is 303 g/mol. The zero-order valence-electron chi connectivity index (χ0n) is 11.4. The van der Waals surface area contributed by atoms with Gasteiger partial charge >= 0.3 is 5.97 Å². The second-order valence-corrected chi connectivity index (χ2v) is 4.06. The first-order chi connectivity index (χ1) is 9.88. The van der Waals surface area contributed by atoms with Crippen molar-refractivity contribution in [1.82, 2.24) is 5.32 Å². The molecule has 0 fully saturated rings. The lowest BCUT2D eigenvalue weighted by Crippen LogP contribution is -2.42. The van der Waals surface area contributed by atoms with Gasteiger partial charge in [0.05, 0.1) is 19.8 Å². The summed E-state index contributed by atoms with van der Waals surface area (Å²) in [6.07, 6.45) is -3.83. The zero-order valence-corrected chi connectivity index (χ0v) is 11.4. The lowest BCUT2D eigenvalue weighted by molar-refractivity contribution is -0.140. The Balaban J connectivity index is 2.98. The van der Waals surface area contributed by atoms with Crippen molar-refractivity contribution in [3.8, 4) is 11.5 Å². The van der Waals surface area contributed by atoms with Crippen molar-refractivity contribution in [3.63, 3.8) is 0 Å². The van der Waals surface area contributed by atoms with Crippen LogP contribution in [-0.2, 0) is 4.79 Å². The Hall–Kier alpha value is -2.38. The fourth-order valence-electron chi connectivity index (χ4n) is 1.63. The predicted octanol–water partition coefficient (Wildman–Crippen LogP) is 1.54. The molecule has 1 unspecified atom stereocenters. The first kappa shape index (κ1) is 16.7. The van der Waals surface area contributed by atoms with Crippen LogP contribution in [0.4, 0.5) is 8.78 Å². The van der Waals surface area contributed by atoms with Crippen LogP contribution < -0.4 is 14.8 Å². The van der Waals surface area contributed by atoms with E-state index in [1.165, 1.54) is 26.4 Å². The first-order valence-electron chi connectivity index (χ1n) is 5.92. The van der Waals surface area contributed by atoms with Crippen molar-refractivity contribution in [2.24, 2.45) is 0 Å². The predicted molar refractivity (Wildman–Crippen MR) is 69.1 cm³/mol. The highest BCUT2D eigenvalue weighted by atomic mass is 19.3. The third-order valence-corrected chi connectivity index (χ3v) is 2.67. The maximum absolute atomic E-state index is 12.3. The van der Waals surface area contributed by atoms with E-state index >= 15 is 0 Å². The molecule has 0 aliphatic heterocycles. The van der Waals surface area contributed by atoms with Gasteiger partial charge in [-0.3, -0.25) is 4.79 Å².